The highest BCUT2D eigenvalue weighted by Gasteiger charge is 2.11. The van der Waals surface area contributed by atoms with Gasteiger partial charge in [0.05, 0.1) is 0 Å². The van der Waals surface area contributed by atoms with Crippen molar-refractivity contribution in [1.29, 1.82) is 0 Å². The molecule has 1 unspecified atom stereocenters. The number of rotatable bonds is 3. The van der Waals surface area contributed by atoms with Gasteiger partial charge in [0.15, 0.2) is 0 Å². The smallest absolute Gasteiger partial charge is 0.124 e. The zero-order chi connectivity index (χ0) is 14.0. The maximum atomic E-state index is 13.1. The quantitative estimate of drug-likeness (QED) is 0.560. The molecule has 1 N–H and O–H groups in total. The maximum absolute atomic E-state index is 13.1. The molecule has 0 amide bonds. The van der Waals surface area contributed by atoms with E-state index in [4.69, 9.17) is 11.6 Å². The summed E-state index contributed by atoms with van der Waals surface area (Å²) in [6.07, 6.45) is 0. The van der Waals surface area contributed by atoms with Gasteiger partial charge in [-0.1, -0.05) is 33.6 Å². The van der Waals surface area contributed by atoms with Gasteiger partial charge in [-0.2, -0.15) is 0 Å². The van der Waals surface area contributed by atoms with Gasteiger partial charge in [-0.3, -0.25) is 0 Å². The van der Waals surface area contributed by atoms with Crippen LogP contribution in [0.1, 0.15) is 18.5 Å². The molecule has 0 aliphatic rings. The van der Waals surface area contributed by atoms with E-state index in [1.54, 1.807) is 6.07 Å². The fraction of sp³-hybridized carbons (Fsp3) is 0.143. The van der Waals surface area contributed by atoms with E-state index < -0.39 is 0 Å². The van der Waals surface area contributed by atoms with Crippen molar-refractivity contribution in [2.75, 3.05) is 5.32 Å². The molecule has 0 bridgehead atoms. The summed E-state index contributed by atoms with van der Waals surface area (Å²) in [5.74, 6) is -0.246. The molecule has 1 atom stereocenters. The maximum Gasteiger partial charge on any atom is 0.124 e. The highest BCUT2D eigenvalue weighted by atomic mass is 127. The molecule has 0 aliphatic carbocycles. The van der Waals surface area contributed by atoms with Gasteiger partial charge >= 0.3 is 0 Å². The van der Waals surface area contributed by atoms with Crippen molar-refractivity contribution in [3.05, 3.63) is 60.8 Å². The first-order valence-corrected chi connectivity index (χ1v) is 7.89. The van der Waals surface area contributed by atoms with Crippen LogP contribution in [-0.2, 0) is 0 Å². The fourth-order valence-electron chi connectivity index (χ4n) is 1.77. The van der Waals surface area contributed by atoms with Gasteiger partial charge in [0.1, 0.15) is 5.82 Å². The lowest BCUT2D eigenvalue weighted by Gasteiger charge is -2.18. The molecule has 0 saturated carbocycles. The predicted octanol–water partition coefficient (Wildman–Crippen LogP) is 6.02. The average molecular weight is 455 g/mol. The Morgan fingerprint density at radius 1 is 1.26 bits per heavy atom. The Balaban J connectivity index is 2.23. The Hall–Kier alpha value is -0.330. The molecule has 1 nitrogen and oxygen atoms in total. The van der Waals surface area contributed by atoms with Crippen LogP contribution in [0.2, 0.25) is 5.02 Å². The molecule has 2 rings (SSSR count). The Labute approximate surface area is 138 Å². The first kappa shape index (κ1) is 15.1. The van der Waals surface area contributed by atoms with Crippen molar-refractivity contribution in [2.24, 2.45) is 0 Å². The van der Waals surface area contributed by atoms with E-state index >= 15 is 0 Å². The van der Waals surface area contributed by atoms with E-state index in [0.29, 0.717) is 5.02 Å². The molecule has 2 aromatic rings. The number of anilines is 1. The standard InChI is InChI=1S/C14H11BrClFIN/c1-8(11-4-3-10(17)7-12(11)15)19-14-5-2-9(16)6-13(14)18/h2-8,19H,1H3. The molecule has 0 fully saturated rings. The predicted molar refractivity (Wildman–Crippen MR) is 90.3 cm³/mol. The lowest BCUT2D eigenvalue weighted by atomic mass is 10.1. The van der Waals surface area contributed by atoms with Crippen LogP contribution in [0, 0.1) is 9.39 Å². The van der Waals surface area contributed by atoms with Gasteiger partial charge < -0.3 is 5.32 Å². The van der Waals surface area contributed by atoms with Crippen molar-refractivity contribution >= 4 is 55.8 Å². The van der Waals surface area contributed by atoms with E-state index in [9.17, 15) is 4.39 Å². The topological polar surface area (TPSA) is 12.0 Å². The number of nitrogens with one attached hydrogen (secondary N) is 1. The summed E-state index contributed by atoms with van der Waals surface area (Å²) in [5, 5.41) is 4.11. The summed E-state index contributed by atoms with van der Waals surface area (Å²) >= 11 is 11.6. The largest absolute Gasteiger partial charge is 0.378 e. The number of hydrogen-bond acceptors (Lipinski definition) is 1. The summed E-state index contributed by atoms with van der Waals surface area (Å²) < 4.78 is 14.9. The highest BCUT2D eigenvalue weighted by molar-refractivity contribution is 14.1. The van der Waals surface area contributed by atoms with E-state index in [-0.39, 0.29) is 11.9 Å². The van der Waals surface area contributed by atoms with Gasteiger partial charge in [-0.15, -0.1) is 0 Å². The van der Waals surface area contributed by atoms with Crippen LogP contribution in [0.5, 0.6) is 0 Å². The number of halogens is 4. The van der Waals surface area contributed by atoms with E-state index in [1.807, 2.05) is 25.1 Å². The molecule has 0 saturated heterocycles. The number of benzene rings is 2. The molecule has 19 heavy (non-hydrogen) atoms. The third kappa shape index (κ3) is 3.83. The van der Waals surface area contributed by atoms with Crippen molar-refractivity contribution in [3.8, 4) is 0 Å². The average Bonchev–Trinajstić information content (AvgIpc) is 2.32. The van der Waals surface area contributed by atoms with Gasteiger partial charge in [0, 0.05) is 24.8 Å². The van der Waals surface area contributed by atoms with Crippen LogP contribution in [0.4, 0.5) is 10.1 Å². The van der Waals surface area contributed by atoms with E-state index in [2.05, 4.69) is 43.8 Å². The third-order valence-corrected chi connectivity index (χ3v) is 4.55. The Morgan fingerprint density at radius 2 is 2.00 bits per heavy atom. The number of hydrogen-bond donors (Lipinski definition) is 1. The SMILES string of the molecule is CC(Nc1ccc(Cl)cc1I)c1ccc(F)cc1Br. The van der Waals surface area contributed by atoms with Crippen LogP contribution in [-0.4, -0.2) is 0 Å². The van der Waals surface area contributed by atoms with Crippen molar-refractivity contribution < 1.29 is 4.39 Å². The zero-order valence-electron chi connectivity index (χ0n) is 10.1. The molecule has 0 aromatic heterocycles. The molecule has 0 radical (unpaired) electrons. The summed E-state index contributed by atoms with van der Waals surface area (Å²) in [5.41, 5.74) is 2.01. The molecule has 0 spiro atoms. The van der Waals surface area contributed by atoms with Crippen molar-refractivity contribution in [2.45, 2.75) is 13.0 Å². The minimum Gasteiger partial charge on any atom is -0.378 e. The van der Waals surface area contributed by atoms with Gasteiger partial charge in [0.25, 0.3) is 0 Å². The first-order valence-electron chi connectivity index (χ1n) is 5.64. The van der Waals surface area contributed by atoms with Crippen LogP contribution < -0.4 is 5.32 Å². The minimum absolute atomic E-state index is 0.0599. The molecule has 0 heterocycles. The van der Waals surface area contributed by atoms with E-state index in [1.165, 1.54) is 12.1 Å². The lowest BCUT2D eigenvalue weighted by molar-refractivity contribution is 0.625. The second-order valence-electron chi connectivity index (χ2n) is 4.16. The zero-order valence-corrected chi connectivity index (χ0v) is 14.6. The molecular formula is C14H11BrClFIN. The summed E-state index contributed by atoms with van der Waals surface area (Å²) in [6.45, 7) is 2.03. The van der Waals surface area contributed by atoms with Crippen LogP contribution in [0.25, 0.3) is 0 Å². The molecule has 0 aliphatic heterocycles. The summed E-state index contributed by atoms with van der Waals surface area (Å²) in [6, 6.07) is 10.5. The van der Waals surface area contributed by atoms with Gasteiger partial charge in [0.2, 0.25) is 0 Å². The Kier molecular flexibility index (Phi) is 5.09. The monoisotopic (exact) mass is 453 g/mol. The van der Waals surface area contributed by atoms with Crippen LogP contribution >= 0.6 is 50.1 Å². The Morgan fingerprint density at radius 3 is 2.63 bits per heavy atom. The second kappa shape index (κ2) is 6.41. The molecule has 2 aromatic carbocycles. The Bertz CT molecular complexity index is 606. The van der Waals surface area contributed by atoms with E-state index in [0.717, 1.165) is 19.3 Å². The van der Waals surface area contributed by atoms with Gasteiger partial charge in [-0.05, 0) is 65.4 Å². The fourth-order valence-corrected chi connectivity index (χ4v) is 3.49. The molecule has 100 valence electrons. The molecular weight excluding hydrogens is 443 g/mol. The van der Waals surface area contributed by atoms with Gasteiger partial charge in [-0.25, -0.2) is 4.39 Å². The third-order valence-electron chi connectivity index (χ3n) is 2.73. The highest BCUT2D eigenvalue weighted by Crippen LogP contribution is 2.29. The normalized spacial score (nSPS) is 12.3. The molecule has 5 heteroatoms. The second-order valence-corrected chi connectivity index (χ2v) is 6.61. The first-order chi connectivity index (χ1) is 8.97. The van der Waals surface area contributed by atoms with Crippen molar-refractivity contribution in [3.63, 3.8) is 0 Å². The summed E-state index contributed by atoms with van der Waals surface area (Å²) in [4.78, 5) is 0. The summed E-state index contributed by atoms with van der Waals surface area (Å²) in [7, 11) is 0. The van der Waals surface area contributed by atoms with Crippen molar-refractivity contribution in [1.82, 2.24) is 0 Å². The van der Waals surface area contributed by atoms with Crippen LogP contribution in [0.3, 0.4) is 0 Å². The van der Waals surface area contributed by atoms with Crippen LogP contribution in [0.15, 0.2) is 40.9 Å². The lowest BCUT2D eigenvalue weighted by Crippen LogP contribution is -2.08. The minimum atomic E-state index is -0.246.